The first-order valence-corrected chi connectivity index (χ1v) is 6.79. The van der Waals surface area contributed by atoms with Crippen LogP contribution in [0.3, 0.4) is 0 Å². The Labute approximate surface area is 125 Å². The molecule has 0 radical (unpaired) electrons. The van der Waals surface area contributed by atoms with E-state index in [2.05, 4.69) is 0 Å². The topological polar surface area (TPSA) is 68.3 Å². The molecular weight excluding hydrogens is 264 g/mol. The Morgan fingerprint density at radius 3 is 2.52 bits per heavy atom. The molecule has 3 N–H and O–H groups in total. The van der Waals surface area contributed by atoms with Crippen molar-refractivity contribution >= 4 is 5.84 Å². The predicted octanol–water partition coefficient (Wildman–Crippen LogP) is 3.26. The second-order valence-electron chi connectivity index (χ2n) is 4.81. The normalized spacial score (nSPS) is 11.9. The van der Waals surface area contributed by atoms with Gasteiger partial charge in [-0.2, -0.15) is 0 Å². The van der Waals surface area contributed by atoms with Crippen molar-refractivity contribution in [3.8, 4) is 5.75 Å². The van der Waals surface area contributed by atoms with Crippen LogP contribution in [0.1, 0.15) is 29.7 Å². The van der Waals surface area contributed by atoms with Gasteiger partial charge in [0.05, 0.1) is 25.4 Å². The van der Waals surface area contributed by atoms with Gasteiger partial charge in [-0.25, -0.2) is 0 Å². The Balaban J connectivity index is 2.05. The minimum Gasteiger partial charge on any atom is -0.496 e. The Morgan fingerprint density at radius 1 is 1.19 bits per heavy atom. The van der Waals surface area contributed by atoms with Crippen LogP contribution in [0.2, 0.25) is 0 Å². The summed E-state index contributed by atoms with van der Waals surface area (Å²) in [6.07, 6.45) is 0.0182. The van der Waals surface area contributed by atoms with Crippen molar-refractivity contribution in [2.75, 3.05) is 7.11 Å². The van der Waals surface area contributed by atoms with Crippen LogP contribution in [-0.2, 0) is 11.3 Å². The van der Waals surface area contributed by atoms with Gasteiger partial charge in [-0.05, 0) is 30.2 Å². The molecular formula is C17H20N2O2. The Kier molecular flexibility index (Phi) is 4.95. The summed E-state index contributed by atoms with van der Waals surface area (Å²) in [5, 5.41) is 7.50. The van der Waals surface area contributed by atoms with Crippen molar-refractivity contribution < 1.29 is 9.47 Å². The fraction of sp³-hybridized carbons (Fsp3) is 0.235. The lowest BCUT2D eigenvalue weighted by Crippen LogP contribution is -2.12. The first-order chi connectivity index (χ1) is 10.1. The lowest BCUT2D eigenvalue weighted by Gasteiger charge is -2.14. The summed E-state index contributed by atoms with van der Waals surface area (Å²) in [7, 11) is 1.57. The molecule has 21 heavy (non-hydrogen) atoms. The van der Waals surface area contributed by atoms with Gasteiger partial charge in [0.2, 0.25) is 0 Å². The number of methoxy groups -OCH3 is 1. The molecule has 0 amide bonds. The van der Waals surface area contributed by atoms with E-state index in [1.807, 2.05) is 49.4 Å². The summed E-state index contributed by atoms with van der Waals surface area (Å²) >= 11 is 0. The Morgan fingerprint density at radius 2 is 1.90 bits per heavy atom. The van der Waals surface area contributed by atoms with Crippen LogP contribution in [-0.4, -0.2) is 12.9 Å². The molecule has 1 atom stereocenters. The first kappa shape index (κ1) is 15.1. The lowest BCUT2D eigenvalue weighted by atomic mass is 10.1. The van der Waals surface area contributed by atoms with Crippen molar-refractivity contribution in [3.63, 3.8) is 0 Å². The summed E-state index contributed by atoms with van der Waals surface area (Å²) in [6, 6.07) is 15.6. The largest absolute Gasteiger partial charge is 0.496 e. The minimum atomic E-state index is -0.00280. The zero-order valence-corrected chi connectivity index (χ0v) is 12.3. The molecule has 4 nitrogen and oxygen atoms in total. The van der Waals surface area contributed by atoms with Crippen LogP contribution < -0.4 is 10.5 Å². The Bertz CT molecular complexity index is 611. The molecule has 0 fully saturated rings. The minimum absolute atomic E-state index is 0.00280. The summed E-state index contributed by atoms with van der Waals surface area (Å²) < 4.78 is 11.1. The lowest BCUT2D eigenvalue weighted by molar-refractivity contribution is 0.0524. The van der Waals surface area contributed by atoms with Gasteiger partial charge in [-0.15, -0.1) is 0 Å². The summed E-state index contributed by atoms with van der Waals surface area (Å²) in [5.41, 5.74) is 8.23. The molecule has 0 heterocycles. The van der Waals surface area contributed by atoms with E-state index in [0.717, 1.165) is 11.1 Å². The van der Waals surface area contributed by atoms with Gasteiger partial charge in [0.25, 0.3) is 0 Å². The van der Waals surface area contributed by atoms with E-state index in [4.69, 9.17) is 20.6 Å². The zero-order valence-electron chi connectivity index (χ0n) is 12.3. The molecule has 2 aromatic rings. The summed E-state index contributed by atoms with van der Waals surface area (Å²) in [6.45, 7) is 2.50. The third-order valence-corrected chi connectivity index (χ3v) is 3.33. The number of amidine groups is 1. The van der Waals surface area contributed by atoms with Crippen molar-refractivity contribution in [2.45, 2.75) is 19.6 Å². The highest BCUT2D eigenvalue weighted by molar-refractivity contribution is 5.97. The molecule has 0 aromatic heterocycles. The monoisotopic (exact) mass is 284 g/mol. The third kappa shape index (κ3) is 3.83. The van der Waals surface area contributed by atoms with E-state index in [-0.39, 0.29) is 11.9 Å². The average Bonchev–Trinajstić information content (AvgIpc) is 2.52. The second-order valence-corrected chi connectivity index (χ2v) is 4.81. The highest BCUT2D eigenvalue weighted by Crippen LogP contribution is 2.22. The number of rotatable bonds is 6. The van der Waals surface area contributed by atoms with E-state index < -0.39 is 0 Å². The maximum Gasteiger partial charge on any atom is 0.130 e. The number of benzene rings is 2. The third-order valence-electron chi connectivity index (χ3n) is 3.33. The van der Waals surface area contributed by atoms with Crippen LogP contribution in [0.15, 0.2) is 48.5 Å². The van der Waals surface area contributed by atoms with Gasteiger partial charge >= 0.3 is 0 Å². The number of nitrogens with two attached hydrogens (primary N) is 1. The van der Waals surface area contributed by atoms with Gasteiger partial charge in [0, 0.05) is 0 Å². The van der Waals surface area contributed by atoms with Gasteiger partial charge in [0.1, 0.15) is 11.6 Å². The molecule has 0 saturated heterocycles. The number of nitrogens with one attached hydrogen (secondary N) is 1. The number of hydrogen-bond acceptors (Lipinski definition) is 3. The van der Waals surface area contributed by atoms with Gasteiger partial charge in [0.15, 0.2) is 0 Å². The van der Waals surface area contributed by atoms with Gasteiger partial charge in [-0.3, -0.25) is 5.41 Å². The predicted molar refractivity (Wildman–Crippen MR) is 83.7 cm³/mol. The second kappa shape index (κ2) is 6.90. The Hall–Kier alpha value is -2.33. The smallest absolute Gasteiger partial charge is 0.130 e. The molecule has 0 spiro atoms. The molecule has 110 valence electrons. The molecule has 2 rings (SSSR count). The first-order valence-electron chi connectivity index (χ1n) is 6.79. The maximum absolute atomic E-state index is 7.50. The van der Waals surface area contributed by atoms with Crippen LogP contribution in [0.4, 0.5) is 0 Å². The van der Waals surface area contributed by atoms with Crippen LogP contribution in [0, 0.1) is 5.41 Å². The number of nitrogen functional groups attached to an aromatic ring is 1. The molecule has 1 unspecified atom stereocenters. The summed E-state index contributed by atoms with van der Waals surface area (Å²) in [4.78, 5) is 0. The average molecular weight is 284 g/mol. The zero-order chi connectivity index (χ0) is 15.2. The fourth-order valence-electron chi connectivity index (χ4n) is 2.09. The highest BCUT2D eigenvalue weighted by Gasteiger charge is 2.09. The van der Waals surface area contributed by atoms with E-state index in [0.29, 0.717) is 17.9 Å². The molecule has 4 heteroatoms. The maximum atomic E-state index is 7.50. The molecule has 0 bridgehead atoms. The van der Waals surface area contributed by atoms with E-state index in [1.165, 1.54) is 0 Å². The quantitative estimate of drug-likeness (QED) is 0.632. The van der Waals surface area contributed by atoms with E-state index >= 15 is 0 Å². The molecule has 0 aliphatic rings. The van der Waals surface area contributed by atoms with E-state index in [1.54, 1.807) is 13.2 Å². The standard InChI is InChI=1S/C17H20N2O2/c1-12(14-6-4-3-5-7-14)21-11-13-8-9-15(17(18)19)16(10-13)20-2/h3-10,12H,11H2,1-2H3,(H3,18,19). The summed E-state index contributed by atoms with van der Waals surface area (Å²) in [5.74, 6) is 0.591. The van der Waals surface area contributed by atoms with E-state index in [9.17, 15) is 0 Å². The van der Waals surface area contributed by atoms with Crippen molar-refractivity contribution in [2.24, 2.45) is 5.73 Å². The number of hydrogen-bond donors (Lipinski definition) is 2. The SMILES string of the molecule is COc1cc(COC(C)c2ccccc2)ccc1C(=N)N. The molecule has 0 aliphatic carbocycles. The van der Waals surface area contributed by atoms with Crippen molar-refractivity contribution in [1.82, 2.24) is 0 Å². The molecule has 0 aliphatic heterocycles. The van der Waals surface area contributed by atoms with Crippen LogP contribution in [0.25, 0.3) is 0 Å². The van der Waals surface area contributed by atoms with Crippen molar-refractivity contribution in [3.05, 3.63) is 65.2 Å². The van der Waals surface area contributed by atoms with Gasteiger partial charge < -0.3 is 15.2 Å². The highest BCUT2D eigenvalue weighted by atomic mass is 16.5. The van der Waals surface area contributed by atoms with Gasteiger partial charge in [-0.1, -0.05) is 36.4 Å². The molecule has 0 saturated carbocycles. The number of ether oxygens (including phenoxy) is 2. The van der Waals surface area contributed by atoms with Crippen molar-refractivity contribution in [1.29, 1.82) is 5.41 Å². The van der Waals surface area contributed by atoms with Crippen LogP contribution >= 0.6 is 0 Å². The van der Waals surface area contributed by atoms with Crippen LogP contribution in [0.5, 0.6) is 5.75 Å². The molecule has 2 aromatic carbocycles. The fourth-order valence-corrected chi connectivity index (χ4v) is 2.09.